The summed E-state index contributed by atoms with van der Waals surface area (Å²) < 4.78 is 12.9. The number of hydrogen-bond donors (Lipinski definition) is 0. The zero-order chi connectivity index (χ0) is 20.2. The monoisotopic (exact) mass is 435 g/mol. The lowest BCUT2D eigenvalue weighted by atomic mass is 10.3. The maximum Gasteiger partial charge on any atom is 0.227 e. The smallest absolute Gasteiger partial charge is 0.227 e. The number of nitrogens with zero attached hydrogens (tertiary/aromatic N) is 5. The van der Waals surface area contributed by atoms with Crippen molar-refractivity contribution in [3.8, 4) is 28.0 Å². The summed E-state index contributed by atoms with van der Waals surface area (Å²) in [6.07, 6.45) is 3.24. The Morgan fingerprint density at radius 3 is 2.73 bits per heavy atom. The maximum absolute atomic E-state index is 5.55. The Kier molecular flexibility index (Phi) is 5.45. The van der Waals surface area contributed by atoms with Gasteiger partial charge in [0.25, 0.3) is 0 Å². The molecule has 0 bridgehead atoms. The number of aromatic nitrogens is 5. The molecule has 0 saturated heterocycles. The highest BCUT2D eigenvalue weighted by molar-refractivity contribution is 7.99. The summed E-state index contributed by atoms with van der Waals surface area (Å²) in [5.74, 6) is 3.52. The van der Waals surface area contributed by atoms with E-state index in [4.69, 9.17) is 8.94 Å². The standard InChI is InChI=1S/C21H17N5O2S2/c1-2-7-15(8-3-1)26-20(16-9-4-12-27-16)23-24-21(26)30-14-6-11-18-22-19(25-28-18)17-10-5-13-29-17/h1-5,7-10,12-13H,6,11,14H2. The molecule has 0 atom stereocenters. The number of thiophene rings is 1. The summed E-state index contributed by atoms with van der Waals surface area (Å²) in [5, 5.41) is 15.6. The van der Waals surface area contributed by atoms with Crippen LogP contribution in [0.5, 0.6) is 0 Å². The molecule has 4 aromatic heterocycles. The molecule has 9 heteroatoms. The maximum atomic E-state index is 5.55. The van der Waals surface area contributed by atoms with Crippen LogP contribution in [-0.2, 0) is 6.42 Å². The summed E-state index contributed by atoms with van der Waals surface area (Å²) in [6.45, 7) is 0. The second-order valence-electron chi connectivity index (χ2n) is 6.40. The number of thioether (sulfide) groups is 1. The van der Waals surface area contributed by atoms with E-state index in [9.17, 15) is 0 Å². The van der Waals surface area contributed by atoms with Crippen molar-refractivity contribution in [1.29, 1.82) is 0 Å². The molecule has 5 aromatic rings. The van der Waals surface area contributed by atoms with Crippen LogP contribution in [0.25, 0.3) is 28.0 Å². The molecule has 0 fully saturated rings. The molecule has 0 aliphatic carbocycles. The van der Waals surface area contributed by atoms with Gasteiger partial charge in [-0.1, -0.05) is 41.2 Å². The average Bonchev–Trinajstić information content (AvgIpc) is 3.57. The number of aryl methyl sites for hydroxylation is 1. The van der Waals surface area contributed by atoms with Gasteiger partial charge < -0.3 is 8.94 Å². The molecule has 0 amide bonds. The molecule has 7 nitrogen and oxygen atoms in total. The van der Waals surface area contributed by atoms with Crippen LogP contribution in [0.2, 0.25) is 0 Å². The second-order valence-corrected chi connectivity index (χ2v) is 8.41. The first-order chi connectivity index (χ1) is 14.9. The topological polar surface area (TPSA) is 82.8 Å². The molecular formula is C21H17N5O2S2. The molecular weight excluding hydrogens is 418 g/mol. The third-order valence-electron chi connectivity index (χ3n) is 4.37. The third kappa shape index (κ3) is 3.94. The Bertz CT molecular complexity index is 1200. The molecule has 0 aliphatic heterocycles. The van der Waals surface area contributed by atoms with Crippen molar-refractivity contribution >= 4 is 23.1 Å². The van der Waals surface area contributed by atoms with Crippen LogP contribution in [-0.4, -0.2) is 30.7 Å². The Balaban J connectivity index is 1.27. The molecule has 0 aliphatic rings. The van der Waals surface area contributed by atoms with E-state index in [2.05, 4.69) is 20.3 Å². The molecule has 1 aromatic carbocycles. The van der Waals surface area contributed by atoms with Crippen LogP contribution in [0.3, 0.4) is 0 Å². The van der Waals surface area contributed by atoms with E-state index >= 15 is 0 Å². The van der Waals surface area contributed by atoms with Gasteiger partial charge in [0.05, 0.1) is 11.1 Å². The van der Waals surface area contributed by atoms with Gasteiger partial charge >= 0.3 is 0 Å². The van der Waals surface area contributed by atoms with E-state index < -0.39 is 0 Å². The fourth-order valence-corrected chi connectivity index (χ4v) is 4.53. The van der Waals surface area contributed by atoms with Crippen LogP contribution in [0, 0.1) is 0 Å². The lowest BCUT2D eigenvalue weighted by Crippen LogP contribution is -1.99. The van der Waals surface area contributed by atoms with Crippen LogP contribution < -0.4 is 0 Å². The number of hydrogen-bond acceptors (Lipinski definition) is 8. The molecule has 5 rings (SSSR count). The summed E-state index contributed by atoms with van der Waals surface area (Å²) in [7, 11) is 0. The minimum absolute atomic E-state index is 0.652. The highest BCUT2D eigenvalue weighted by Gasteiger charge is 2.18. The van der Waals surface area contributed by atoms with E-state index in [0.717, 1.165) is 34.3 Å². The Morgan fingerprint density at radius 2 is 1.93 bits per heavy atom. The lowest BCUT2D eigenvalue weighted by Gasteiger charge is -2.08. The SMILES string of the molecule is c1ccc(-n2c(SCCCc3nc(-c4cccs4)no3)nnc2-c2ccco2)cc1. The molecule has 0 unspecified atom stereocenters. The zero-order valence-electron chi connectivity index (χ0n) is 15.8. The first-order valence-electron chi connectivity index (χ1n) is 9.42. The first-order valence-corrected chi connectivity index (χ1v) is 11.3. The highest BCUT2D eigenvalue weighted by atomic mass is 32.2. The Hall–Kier alpha value is -3.17. The number of para-hydroxylation sites is 1. The highest BCUT2D eigenvalue weighted by Crippen LogP contribution is 2.29. The van der Waals surface area contributed by atoms with Crippen LogP contribution in [0.1, 0.15) is 12.3 Å². The second kappa shape index (κ2) is 8.68. The van der Waals surface area contributed by atoms with E-state index in [1.54, 1.807) is 29.4 Å². The van der Waals surface area contributed by atoms with E-state index in [0.29, 0.717) is 23.3 Å². The van der Waals surface area contributed by atoms with Crippen LogP contribution in [0.15, 0.2) is 80.3 Å². The van der Waals surface area contributed by atoms with Crippen molar-refractivity contribution in [3.05, 3.63) is 72.1 Å². The summed E-state index contributed by atoms with van der Waals surface area (Å²) >= 11 is 3.24. The van der Waals surface area contributed by atoms with Gasteiger partial charge in [-0.2, -0.15) is 4.98 Å². The Morgan fingerprint density at radius 1 is 1.00 bits per heavy atom. The minimum Gasteiger partial charge on any atom is -0.461 e. The van der Waals surface area contributed by atoms with Gasteiger partial charge in [-0.3, -0.25) is 4.57 Å². The fourth-order valence-electron chi connectivity index (χ4n) is 2.99. The Labute approximate surface area is 180 Å². The molecule has 150 valence electrons. The number of furan rings is 1. The van der Waals surface area contributed by atoms with Gasteiger partial charge in [-0.25, -0.2) is 0 Å². The van der Waals surface area contributed by atoms with Gasteiger partial charge in [0.2, 0.25) is 17.5 Å². The van der Waals surface area contributed by atoms with Crippen molar-refractivity contribution in [1.82, 2.24) is 24.9 Å². The number of benzene rings is 1. The fraction of sp³-hybridized carbons (Fsp3) is 0.143. The summed E-state index contributed by atoms with van der Waals surface area (Å²) in [6, 6.07) is 17.7. The molecule has 30 heavy (non-hydrogen) atoms. The number of rotatable bonds is 8. The van der Waals surface area contributed by atoms with Gasteiger partial charge in [-0.05, 0) is 42.1 Å². The first kappa shape index (κ1) is 18.8. The van der Waals surface area contributed by atoms with E-state index in [1.165, 1.54) is 0 Å². The molecule has 0 N–H and O–H groups in total. The predicted octanol–water partition coefficient (Wildman–Crippen LogP) is 5.36. The molecule has 0 spiro atoms. The van der Waals surface area contributed by atoms with E-state index in [1.807, 2.05) is 64.5 Å². The minimum atomic E-state index is 0.652. The normalized spacial score (nSPS) is 11.2. The van der Waals surface area contributed by atoms with Crippen molar-refractivity contribution in [2.45, 2.75) is 18.0 Å². The van der Waals surface area contributed by atoms with Gasteiger partial charge in [0.15, 0.2) is 10.9 Å². The predicted molar refractivity (Wildman–Crippen MR) is 116 cm³/mol. The van der Waals surface area contributed by atoms with Gasteiger partial charge in [0.1, 0.15) is 0 Å². The molecule has 0 radical (unpaired) electrons. The summed E-state index contributed by atoms with van der Waals surface area (Å²) in [5.41, 5.74) is 0.994. The quantitative estimate of drug-likeness (QED) is 0.239. The third-order valence-corrected chi connectivity index (χ3v) is 6.25. The largest absolute Gasteiger partial charge is 0.461 e. The van der Waals surface area contributed by atoms with Crippen LogP contribution >= 0.6 is 23.1 Å². The zero-order valence-corrected chi connectivity index (χ0v) is 17.5. The molecule has 0 saturated carbocycles. The van der Waals surface area contributed by atoms with Crippen LogP contribution in [0.4, 0.5) is 0 Å². The molecule has 4 heterocycles. The average molecular weight is 436 g/mol. The van der Waals surface area contributed by atoms with Crippen molar-refractivity contribution < 1.29 is 8.94 Å². The van der Waals surface area contributed by atoms with Crippen molar-refractivity contribution in [2.75, 3.05) is 5.75 Å². The van der Waals surface area contributed by atoms with Crippen molar-refractivity contribution in [2.24, 2.45) is 0 Å². The lowest BCUT2D eigenvalue weighted by molar-refractivity contribution is 0.378. The van der Waals surface area contributed by atoms with Gasteiger partial charge in [-0.15, -0.1) is 21.5 Å². The van der Waals surface area contributed by atoms with E-state index in [-0.39, 0.29) is 0 Å². The van der Waals surface area contributed by atoms with Crippen molar-refractivity contribution in [3.63, 3.8) is 0 Å². The summed E-state index contributed by atoms with van der Waals surface area (Å²) in [4.78, 5) is 5.49. The van der Waals surface area contributed by atoms with Gasteiger partial charge in [0, 0.05) is 17.9 Å².